The molecule has 7 nitrogen and oxygen atoms in total. The van der Waals surface area contributed by atoms with Crippen LogP contribution in [-0.2, 0) is 16.6 Å². The van der Waals surface area contributed by atoms with Crippen LogP contribution in [0.5, 0.6) is 5.88 Å². The summed E-state index contributed by atoms with van der Waals surface area (Å²) < 4.78 is 34.8. The number of aromatic nitrogens is 3. The molecule has 0 saturated heterocycles. The van der Waals surface area contributed by atoms with E-state index in [4.69, 9.17) is 16.3 Å². The van der Waals surface area contributed by atoms with Crippen LogP contribution < -0.4 is 9.46 Å². The number of methoxy groups -OCH3 is 1. The minimum atomic E-state index is -3.80. The van der Waals surface area contributed by atoms with E-state index in [-0.39, 0.29) is 10.8 Å². The van der Waals surface area contributed by atoms with E-state index in [1.54, 1.807) is 29.1 Å². The van der Waals surface area contributed by atoms with Crippen molar-refractivity contribution in [3.63, 3.8) is 0 Å². The highest BCUT2D eigenvalue weighted by Crippen LogP contribution is 2.29. The Hall–Kier alpha value is -2.19. The van der Waals surface area contributed by atoms with Gasteiger partial charge in [0.05, 0.1) is 13.3 Å². The molecule has 0 bridgehead atoms. The lowest BCUT2D eigenvalue weighted by atomic mass is 10.2. The SMILES string of the molecule is CCCn1cc(NS(=O)(=O)c2c[nH]c3cc(Cl)ccc23)c(OC)n1. The smallest absolute Gasteiger partial charge is 0.264 e. The van der Waals surface area contributed by atoms with Crippen molar-refractivity contribution in [2.45, 2.75) is 24.8 Å². The fraction of sp³-hybridized carbons (Fsp3) is 0.267. The number of halogens is 1. The lowest BCUT2D eigenvalue weighted by Gasteiger charge is -2.06. The van der Waals surface area contributed by atoms with Crippen molar-refractivity contribution in [1.29, 1.82) is 0 Å². The summed E-state index contributed by atoms with van der Waals surface area (Å²) in [6, 6.07) is 4.99. The van der Waals surface area contributed by atoms with E-state index in [0.717, 1.165) is 6.42 Å². The highest BCUT2D eigenvalue weighted by atomic mass is 35.5. The average molecular weight is 369 g/mol. The molecule has 0 amide bonds. The maximum Gasteiger partial charge on any atom is 0.264 e. The van der Waals surface area contributed by atoms with Gasteiger partial charge in [0.2, 0.25) is 0 Å². The summed E-state index contributed by atoms with van der Waals surface area (Å²) in [6.07, 6.45) is 3.93. The Morgan fingerprint density at radius 2 is 2.21 bits per heavy atom. The van der Waals surface area contributed by atoms with Crippen molar-refractivity contribution in [3.05, 3.63) is 35.6 Å². The molecule has 3 rings (SSSR count). The van der Waals surface area contributed by atoms with Crippen molar-refractivity contribution < 1.29 is 13.2 Å². The second kappa shape index (κ2) is 6.37. The van der Waals surface area contributed by atoms with Gasteiger partial charge >= 0.3 is 0 Å². The third-order valence-electron chi connectivity index (χ3n) is 3.51. The molecule has 3 aromatic rings. The van der Waals surface area contributed by atoms with Gasteiger partial charge in [0, 0.05) is 28.7 Å². The lowest BCUT2D eigenvalue weighted by molar-refractivity contribution is 0.389. The van der Waals surface area contributed by atoms with Gasteiger partial charge in [-0.3, -0.25) is 9.40 Å². The first kappa shape index (κ1) is 16.7. The third kappa shape index (κ3) is 3.07. The summed E-state index contributed by atoms with van der Waals surface area (Å²) in [4.78, 5) is 3.06. The largest absolute Gasteiger partial charge is 0.478 e. The van der Waals surface area contributed by atoms with Gasteiger partial charge in [-0.1, -0.05) is 18.5 Å². The Bertz CT molecular complexity index is 978. The summed E-state index contributed by atoms with van der Waals surface area (Å²) in [7, 11) is -2.35. The predicted molar refractivity (Wildman–Crippen MR) is 93.2 cm³/mol. The zero-order valence-electron chi connectivity index (χ0n) is 13.2. The van der Waals surface area contributed by atoms with Gasteiger partial charge < -0.3 is 9.72 Å². The number of nitrogens with zero attached hydrogens (tertiary/aromatic N) is 2. The normalized spacial score (nSPS) is 11.8. The highest BCUT2D eigenvalue weighted by molar-refractivity contribution is 7.93. The Balaban J connectivity index is 1.99. The molecular formula is C15H17ClN4O3S. The van der Waals surface area contributed by atoms with Crippen LogP contribution in [0.4, 0.5) is 5.69 Å². The molecule has 0 spiro atoms. The molecule has 128 valence electrons. The molecule has 24 heavy (non-hydrogen) atoms. The Morgan fingerprint density at radius 1 is 1.42 bits per heavy atom. The van der Waals surface area contributed by atoms with E-state index < -0.39 is 10.0 Å². The molecule has 0 saturated carbocycles. The highest BCUT2D eigenvalue weighted by Gasteiger charge is 2.22. The zero-order chi connectivity index (χ0) is 17.3. The molecule has 0 aliphatic heterocycles. The van der Waals surface area contributed by atoms with Crippen LogP contribution in [0.1, 0.15) is 13.3 Å². The number of sulfonamides is 1. The fourth-order valence-corrected chi connectivity index (χ4v) is 3.86. The van der Waals surface area contributed by atoms with Gasteiger partial charge in [0.25, 0.3) is 15.9 Å². The molecule has 0 aliphatic carbocycles. The summed E-state index contributed by atoms with van der Waals surface area (Å²) in [5.74, 6) is 0.231. The van der Waals surface area contributed by atoms with Crippen molar-refractivity contribution in [2.24, 2.45) is 0 Å². The third-order valence-corrected chi connectivity index (χ3v) is 5.15. The summed E-state index contributed by atoms with van der Waals surface area (Å²) in [5, 5.41) is 5.29. The van der Waals surface area contributed by atoms with Gasteiger partial charge in [-0.25, -0.2) is 8.42 Å². The van der Waals surface area contributed by atoms with E-state index in [1.165, 1.54) is 13.3 Å². The first-order chi connectivity index (χ1) is 11.4. The van der Waals surface area contributed by atoms with Crippen molar-refractivity contribution in [3.8, 4) is 5.88 Å². The van der Waals surface area contributed by atoms with Crippen LogP contribution in [0.3, 0.4) is 0 Å². The Labute approximate surface area is 144 Å². The first-order valence-corrected chi connectivity index (χ1v) is 9.21. The molecule has 2 N–H and O–H groups in total. The van der Waals surface area contributed by atoms with Crippen LogP contribution in [-0.4, -0.2) is 30.3 Å². The summed E-state index contributed by atoms with van der Waals surface area (Å²) in [5.41, 5.74) is 0.950. The number of H-pyrrole nitrogens is 1. The maximum absolute atomic E-state index is 12.7. The van der Waals surface area contributed by atoms with Crippen LogP contribution in [0.25, 0.3) is 10.9 Å². The number of anilines is 1. The van der Waals surface area contributed by atoms with Crippen LogP contribution in [0.2, 0.25) is 5.02 Å². The second-order valence-corrected chi connectivity index (χ2v) is 7.35. The number of rotatable bonds is 6. The van der Waals surface area contributed by atoms with Gasteiger partial charge in [-0.2, -0.15) is 0 Å². The number of fused-ring (bicyclic) bond motifs is 1. The monoisotopic (exact) mass is 368 g/mol. The number of benzene rings is 1. The lowest BCUT2D eigenvalue weighted by Crippen LogP contribution is -2.12. The van der Waals surface area contributed by atoms with Gasteiger partial charge in [0.1, 0.15) is 10.6 Å². The quantitative estimate of drug-likeness (QED) is 0.699. The molecule has 0 aliphatic rings. The molecule has 1 aromatic carbocycles. The van der Waals surface area contributed by atoms with E-state index >= 15 is 0 Å². The fourth-order valence-electron chi connectivity index (χ4n) is 2.46. The molecule has 0 unspecified atom stereocenters. The number of nitrogens with one attached hydrogen (secondary N) is 2. The van der Waals surface area contributed by atoms with Crippen LogP contribution in [0, 0.1) is 0 Å². The summed E-state index contributed by atoms with van der Waals surface area (Å²) >= 11 is 5.93. The standard InChI is InChI=1S/C15H17ClN4O3S/c1-3-6-20-9-13(15(18-20)23-2)19-24(21,22)14-8-17-12-7-10(16)4-5-11(12)14/h4-5,7-9,17,19H,3,6H2,1-2H3. The van der Waals surface area contributed by atoms with Crippen molar-refractivity contribution >= 4 is 38.2 Å². The molecule has 2 heterocycles. The number of aryl methyl sites for hydroxylation is 1. The maximum atomic E-state index is 12.7. The topological polar surface area (TPSA) is 89.0 Å². The molecule has 0 atom stereocenters. The van der Waals surface area contributed by atoms with Gasteiger partial charge in [0.15, 0.2) is 0 Å². The Kier molecular flexibility index (Phi) is 4.42. The van der Waals surface area contributed by atoms with Gasteiger partial charge in [-0.15, -0.1) is 5.10 Å². The summed E-state index contributed by atoms with van der Waals surface area (Å²) in [6.45, 7) is 2.68. The number of hydrogen-bond donors (Lipinski definition) is 2. The zero-order valence-corrected chi connectivity index (χ0v) is 14.8. The number of aromatic amines is 1. The molecule has 2 aromatic heterocycles. The molecule has 0 fully saturated rings. The predicted octanol–water partition coefficient (Wildman–Crippen LogP) is 3.24. The molecule has 9 heteroatoms. The Morgan fingerprint density at radius 3 is 2.92 bits per heavy atom. The van der Waals surface area contributed by atoms with Crippen LogP contribution >= 0.6 is 11.6 Å². The van der Waals surface area contributed by atoms with Crippen molar-refractivity contribution in [2.75, 3.05) is 11.8 Å². The molecular weight excluding hydrogens is 352 g/mol. The number of hydrogen-bond acceptors (Lipinski definition) is 4. The van der Waals surface area contributed by atoms with Gasteiger partial charge in [-0.05, 0) is 24.6 Å². The van der Waals surface area contributed by atoms with E-state index in [2.05, 4.69) is 14.8 Å². The van der Waals surface area contributed by atoms with Crippen molar-refractivity contribution in [1.82, 2.24) is 14.8 Å². The van der Waals surface area contributed by atoms with E-state index in [9.17, 15) is 8.42 Å². The minimum absolute atomic E-state index is 0.138. The van der Waals surface area contributed by atoms with E-state index in [1.807, 2.05) is 6.92 Å². The molecule has 0 radical (unpaired) electrons. The number of ether oxygens (including phenoxy) is 1. The minimum Gasteiger partial charge on any atom is -0.478 e. The van der Waals surface area contributed by atoms with E-state index in [0.29, 0.717) is 28.2 Å². The first-order valence-electron chi connectivity index (χ1n) is 7.35. The van der Waals surface area contributed by atoms with Crippen LogP contribution in [0.15, 0.2) is 35.5 Å². The second-order valence-electron chi connectivity index (χ2n) is 5.26. The average Bonchev–Trinajstić information content (AvgIpc) is 3.10.